The van der Waals surface area contributed by atoms with E-state index in [1.54, 1.807) is 0 Å². The first-order valence-corrected chi connectivity index (χ1v) is 18.4. The fourth-order valence-corrected chi connectivity index (χ4v) is 10.1. The SMILES string of the molecule is c1ccc(-c2ccc3c(c2)Sc2cc(-c4ccccc4)ccc2N3c2ccc3c(c2)-c2ccccc2C32c3ccccc3-c3ccccc32)cc1. The number of nitrogens with zero attached hydrogens (tertiary/aromatic N) is 1. The zero-order chi connectivity index (χ0) is 33.5. The fourth-order valence-electron chi connectivity index (χ4n) is 8.93. The van der Waals surface area contributed by atoms with Gasteiger partial charge in [-0.15, -0.1) is 0 Å². The molecule has 0 bridgehead atoms. The van der Waals surface area contributed by atoms with Crippen LogP contribution in [0.5, 0.6) is 0 Å². The Morgan fingerprint density at radius 1 is 0.333 bits per heavy atom. The molecule has 11 rings (SSSR count). The van der Waals surface area contributed by atoms with Gasteiger partial charge in [0.1, 0.15) is 0 Å². The van der Waals surface area contributed by atoms with Crippen molar-refractivity contribution in [3.63, 3.8) is 0 Å². The highest BCUT2D eigenvalue weighted by atomic mass is 32.2. The molecular formula is C49H31NS. The first kappa shape index (κ1) is 28.7. The summed E-state index contributed by atoms with van der Waals surface area (Å²) >= 11 is 1.87. The van der Waals surface area contributed by atoms with Gasteiger partial charge in [-0.1, -0.05) is 163 Å². The van der Waals surface area contributed by atoms with E-state index in [-0.39, 0.29) is 5.41 Å². The smallest absolute Gasteiger partial charge is 0.0725 e. The van der Waals surface area contributed by atoms with Gasteiger partial charge in [0.25, 0.3) is 0 Å². The molecule has 0 unspecified atom stereocenters. The normalized spacial score (nSPS) is 13.9. The lowest BCUT2D eigenvalue weighted by atomic mass is 9.70. The molecule has 1 aliphatic heterocycles. The van der Waals surface area contributed by atoms with Crippen LogP contribution in [0.15, 0.2) is 198 Å². The maximum Gasteiger partial charge on any atom is 0.0725 e. The van der Waals surface area contributed by atoms with Gasteiger partial charge in [0.05, 0.1) is 16.8 Å². The van der Waals surface area contributed by atoms with Crippen molar-refractivity contribution in [2.24, 2.45) is 0 Å². The molecule has 0 aromatic heterocycles. The van der Waals surface area contributed by atoms with E-state index in [1.807, 2.05) is 11.8 Å². The number of fused-ring (bicyclic) bond motifs is 12. The van der Waals surface area contributed by atoms with Crippen molar-refractivity contribution in [3.05, 3.63) is 210 Å². The van der Waals surface area contributed by atoms with Gasteiger partial charge in [0, 0.05) is 15.5 Å². The molecule has 1 spiro atoms. The van der Waals surface area contributed by atoms with Crippen molar-refractivity contribution in [1.29, 1.82) is 0 Å². The zero-order valence-electron chi connectivity index (χ0n) is 27.8. The minimum absolute atomic E-state index is 0.347. The molecule has 0 saturated carbocycles. The summed E-state index contributed by atoms with van der Waals surface area (Å²) in [6.07, 6.45) is 0. The third-order valence-electron chi connectivity index (χ3n) is 11.1. The van der Waals surface area contributed by atoms with Crippen molar-refractivity contribution in [2.45, 2.75) is 15.2 Å². The molecule has 51 heavy (non-hydrogen) atoms. The van der Waals surface area contributed by atoms with E-state index in [0.29, 0.717) is 0 Å². The van der Waals surface area contributed by atoms with Gasteiger partial charge in [-0.05, 0) is 103 Å². The van der Waals surface area contributed by atoms with Crippen LogP contribution in [0.3, 0.4) is 0 Å². The number of hydrogen-bond donors (Lipinski definition) is 0. The molecule has 0 saturated heterocycles. The molecule has 0 fully saturated rings. The molecule has 0 amide bonds. The second kappa shape index (κ2) is 11.0. The Bertz CT molecular complexity index is 2540. The maximum atomic E-state index is 2.48. The van der Waals surface area contributed by atoms with Gasteiger partial charge in [0.15, 0.2) is 0 Å². The molecule has 0 N–H and O–H groups in total. The van der Waals surface area contributed by atoms with Gasteiger partial charge >= 0.3 is 0 Å². The summed E-state index contributed by atoms with van der Waals surface area (Å²) in [5, 5.41) is 0. The van der Waals surface area contributed by atoms with Crippen LogP contribution in [0, 0.1) is 0 Å². The van der Waals surface area contributed by atoms with Crippen LogP contribution in [0.1, 0.15) is 22.3 Å². The Balaban J connectivity index is 1.13. The van der Waals surface area contributed by atoms with Gasteiger partial charge in [0.2, 0.25) is 0 Å². The minimum atomic E-state index is -0.347. The standard InChI is InChI=1S/C49H31NS/c1-3-13-32(14-4-1)34-23-27-45-47(29-34)51-48-30-35(33-15-5-2-6-16-33)24-28-46(48)50(45)36-25-26-44-40(31-36)39-19-9-12-22-43(39)49(44)41-20-10-7-17-37(41)38-18-8-11-21-42(38)49/h1-31H. The summed E-state index contributed by atoms with van der Waals surface area (Å²) in [7, 11) is 0. The lowest BCUT2D eigenvalue weighted by Crippen LogP contribution is -2.25. The van der Waals surface area contributed by atoms with Crippen LogP contribution in [0.25, 0.3) is 44.5 Å². The average molecular weight is 666 g/mol. The topological polar surface area (TPSA) is 3.24 Å². The zero-order valence-corrected chi connectivity index (χ0v) is 28.6. The molecule has 0 radical (unpaired) electrons. The number of hydrogen-bond acceptors (Lipinski definition) is 2. The summed E-state index contributed by atoms with van der Waals surface area (Å²) in [6.45, 7) is 0. The number of benzene rings is 8. The van der Waals surface area contributed by atoms with Gasteiger partial charge in [-0.25, -0.2) is 0 Å². The van der Waals surface area contributed by atoms with Crippen LogP contribution < -0.4 is 4.90 Å². The number of rotatable bonds is 3. The van der Waals surface area contributed by atoms with Crippen LogP contribution in [0.4, 0.5) is 17.1 Å². The van der Waals surface area contributed by atoms with Crippen molar-refractivity contribution >= 4 is 28.8 Å². The van der Waals surface area contributed by atoms with Crippen molar-refractivity contribution in [2.75, 3.05) is 4.90 Å². The Morgan fingerprint density at radius 3 is 1.27 bits per heavy atom. The summed E-state index contributed by atoms with van der Waals surface area (Å²) in [5.41, 5.74) is 18.9. The molecule has 238 valence electrons. The maximum absolute atomic E-state index is 2.48. The fraction of sp³-hybridized carbons (Fsp3) is 0.0204. The Labute approximate surface area is 302 Å². The largest absolute Gasteiger partial charge is 0.308 e. The van der Waals surface area contributed by atoms with Crippen molar-refractivity contribution < 1.29 is 0 Å². The van der Waals surface area contributed by atoms with Crippen LogP contribution in [-0.4, -0.2) is 0 Å². The second-order valence-electron chi connectivity index (χ2n) is 13.7. The van der Waals surface area contributed by atoms with E-state index in [9.17, 15) is 0 Å². The van der Waals surface area contributed by atoms with E-state index in [1.165, 1.54) is 93.6 Å². The van der Waals surface area contributed by atoms with Crippen LogP contribution in [0.2, 0.25) is 0 Å². The van der Waals surface area contributed by atoms with Crippen LogP contribution in [-0.2, 0) is 5.41 Å². The molecule has 1 nitrogen and oxygen atoms in total. The molecule has 2 aliphatic carbocycles. The van der Waals surface area contributed by atoms with E-state index in [2.05, 4.69) is 193 Å². The Morgan fingerprint density at radius 2 is 0.765 bits per heavy atom. The molecule has 8 aromatic rings. The van der Waals surface area contributed by atoms with Gasteiger partial charge in [-0.3, -0.25) is 0 Å². The van der Waals surface area contributed by atoms with Crippen LogP contribution >= 0.6 is 11.8 Å². The highest BCUT2D eigenvalue weighted by Crippen LogP contribution is 2.63. The Hall–Kier alpha value is -6.09. The minimum Gasteiger partial charge on any atom is -0.308 e. The summed E-state index contributed by atoms with van der Waals surface area (Å²) < 4.78 is 0. The monoisotopic (exact) mass is 665 g/mol. The van der Waals surface area contributed by atoms with E-state index < -0.39 is 0 Å². The van der Waals surface area contributed by atoms with Crippen molar-refractivity contribution in [3.8, 4) is 44.5 Å². The van der Waals surface area contributed by atoms with Crippen molar-refractivity contribution in [1.82, 2.24) is 0 Å². The molecular weight excluding hydrogens is 635 g/mol. The molecule has 2 heteroatoms. The predicted octanol–water partition coefficient (Wildman–Crippen LogP) is 13.3. The molecule has 0 atom stereocenters. The first-order chi connectivity index (χ1) is 25.3. The second-order valence-corrected chi connectivity index (χ2v) is 14.7. The van der Waals surface area contributed by atoms with Gasteiger partial charge in [-0.2, -0.15) is 0 Å². The van der Waals surface area contributed by atoms with E-state index >= 15 is 0 Å². The molecule has 8 aromatic carbocycles. The van der Waals surface area contributed by atoms with Gasteiger partial charge < -0.3 is 4.90 Å². The Kier molecular flexibility index (Phi) is 6.17. The first-order valence-electron chi connectivity index (χ1n) is 17.6. The molecule has 1 heterocycles. The summed E-state index contributed by atoms with van der Waals surface area (Å²) in [6, 6.07) is 69.7. The predicted molar refractivity (Wildman–Crippen MR) is 212 cm³/mol. The number of anilines is 3. The summed E-state index contributed by atoms with van der Waals surface area (Å²) in [4.78, 5) is 4.99. The quantitative estimate of drug-likeness (QED) is 0.185. The third-order valence-corrected chi connectivity index (χ3v) is 12.2. The lowest BCUT2D eigenvalue weighted by molar-refractivity contribution is 0.794. The highest BCUT2D eigenvalue weighted by Gasteiger charge is 2.51. The average Bonchev–Trinajstić information content (AvgIpc) is 3.67. The van der Waals surface area contributed by atoms with E-state index in [0.717, 1.165) is 0 Å². The third kappa shape index (κ3) is 4.06. The highest BCUT2D eigenvalue weighted by molar-refractivity contribution is 7.99. The lowest BCUT2D eigenvalue weighted by Gasteiger charge is -2.34. The molecule has 3 aliphatic rings. The summed E-state index contributed by atoms with van der Waals surface area (Å²) in [5.74, 6) is 0. The van der Waals surface area contributed by atoms with E-state index in [4.69, 9.17) is 0 Å².